The van der Waals surface area contributed by atoms with Crippen LogP contribution in [0.4, 0.5) is 4.39 Å². The summed E-state index contributed by atoms with van der Waals surface area (Å²) < 4.78 is 13.5. The molecule has 0 spiro atoms. The number of nitrogens with zero attached hydrogens (tertiary/aromatic N) is 2. The van der Waals surface area contributed by atoms with E-state index in [1.165, 1.54) is 12.1 Å². The molecule has 128 valence electrons. The van der Waals surface area contributed by atoms with Crippen molar-refractivity contribution in [2.45, 2.75) is 31.8 Å². The summed E-state index contributed by atoms with van der Waals surface area (Å²) in [6.07, 6.45) is 2.65. The van der Waals surface area contributed by atoms with Crippen LogP contribution in [0, 0.1) is 5.82 Å². The van der Waals surface area contributed by atoms with E-state index >= 15 is 0 Å². The summed E-state index contributed by atoms with van der Waals surface area (Å²) in [5.41, 5.74) is 3.40. The second-order valence-corrected chi connectivity index (χ2v) is 6.17. The monoisotopic (exact) mass is 350 g/mol. The summed E-state index contributed by atoms with van der Waals surface area (Å²) in [7, 11) is 0. The number of benzene rings is 1. The van der Waals surface area contributed by atoms with Gasteiger partial charge in [-0.3, -0.25) is 9.89 Å². The van der Waals surface area contributed by atoms with Gasteiger partial charge in [0.2, 0.25) is 0 Å². The highest BCUT2D eigenvalue weighted by Gasteiger charge is 2.34. The minimum absolute atomic E-state index is 0. The van der Waals surface area contributed by atoms with Gasteiger partial charge in [-0.2, -0.15) is 5.10 Å². The highest BCUT2D eigenvalue weighted by molar-refractivity contribution is 5.94. The fourth-order valence-corrected chi connectivity index (χ4v) is 3.61. The Bertz CT molecular complexity index is 748. The molecule has 2 N–H and O–H groups in total. The number of hydrogen-bond donors (Lipinski definition) is 2. The Morgan fingerprint density at radius 3 is 3.08 bits per heavy atom. The molecule has 1 fully saturated rings. The zero-order valence-corrected chi connectivity index (χ0v) is 14.0. The van der Waals surface area contributed by atoms with E-state index in [9.17, 15) is 9.18 Å². The number of likely N-dealkylation sites (tertiary alicyclic amines) is 1. The summed E-state index contributed by atoms with van der Waals surface area (Å²) in [5.74, 6) is -0.318. The van der Waals surface area contributed by atoms with Gasteiger partial charge in [0.15, 0.2) is 5.69 Å². The molecule has 0 aliphatic carbocycles. The topological polar surface area (TPSA) is 61.0 Å². The largest absolute Gasteiger partial charge is 0.330 e. The van der Waals surface area contributed by atoms with Crippen LogP contribution in [0.25, 0.3) is 0 Å². The second-order valence-electron chi connectivity index (χ2n) is 6.17. The van der Waals surface area contributed by atoms with Crippen molar-refractivity contribution < 1.29 is 9.18 Å². The Morgan fingerprint density at radius 1 is 1.38 bits per heavy atom. The maximum absolute atomic E-state index is 13.5. The Morgan fingerprint density at radius 2 is 2.25 bits per heavy atom. The van der Waals surface area contributed by atoms with E-state index in [1.807, 2.05) is 11.0 Å². The average Bonchev–Trinajstić information content (AvgIpc) is 3.21. The van der Waals surface area contributed by atoms with Gasteiger partial charge >= 0.3 is 0 Å². The molecule has 2 aliphatic rings. The van der Waals surface area contributed by atoms with Gasteiger partial charge in [0, 0.05) is 37.3 Å². The van der Waals surface area contributed by atoms with Crippen LogP contribution in [0.1, 0.15) is 46.2 Å². The van der Waals surface area contributed by atoms with Crippen LogP contribution in [0.2, 0.25) is 0 Å². The molecule has 2 aliphatic heterocycles. The van der Waals surface area contributed by atoms with Gasteiger partial charge in [-0.15, -0.1) is 12.4 Å². The first-order valence-electron chi connectivity index (χ1n) is 8.07. The Hall–Kier alpha value is -1.92. The summed E-state index contributed by atoms with van der Waals surface area (Å²) in [6, 6.07) is 6.48. The molecule has 1 amide bonds. The maximum atomic E-state index is 13.5. The lowest BCUT2D eigenvalue weighted by Crippen LogP contribution is -2.33. The maximum Gasteiger partial charge on any atom is 0.275 e. The quantitative estimate of drug-likeness (QED) is 0.875. The third-order valence-electron chi connectivity index (χ3n) is 4.76. The van der Waals surface area contributed by atoms with E-state index in [2.05, 4.69) is 15.5 Å². The van der Waals surface area contributed by atoms with Crippen LogP contribution in [0.3, 0.4) is 0 Å². The van der Waals surface area contributed by atoms with Gasteiger partial charge in [-0.1, -0.05) is 12.1 Å². The second kappa shape index (κ2) is 6.91. The number of aromatic nitrogens is 2. The predicted molar refractivity (Wildman–Crippen MR) is 90.7 cm³/mol. The lowest BCUT2D eigenvalue weighted by atomic mass is 10.0. The van der Waals surface area contributed by atoms with Gasteiger partial charge in [-0.05, 0) is 30.5 Å². The van der Waals surface area contributed by atoms with Crippen molar-refractivity contribution in [1.29, 1.82) is 0 Å². The lowest BCUT2D eigenvalue weighted by Gasteiger charge is -2.25. The molecule has 1 aromatic heterocycles. The standard InChI is InChI=1S/C17H19FN4O.ClH/c18-12-4-1-3-11(9-12)15-5-2-8-22(15)17(23)16-13-10-19-7-6-14(13)20-21-16;/h1,3-4,9,15,19H,2,5-8,10H2,(H,20,21);1H. The molecule has 1 aromatic carbocycles. The molecule has 2 aromatic rings. The first kappa shape index (κ1) is 16.9. The van der Waals surface area contributed by atoms with Crippen molar-refractivity contribution in [3.63, 3.8) is 0 Å². The van der Waals surface area contributed by atoms with E-state index < -0.39 is 0 Å². The zero-order valence-electron chi connectivity index (χ0n) is 13.2. The van der Waals surface area contributed by atoms with Gasteiger partial charge in [-0.25, -0.2) is 4.39 Å². The van der Waals surface area contributed by atoms with Crippen LogP contribution in [0.5, 0.6) is 0 Å². The average molecular weight is 351 g/mol. The predicted octanol–water partition coefficient (Wildman–Crippen LogP) is 2.59. The number of aromatic amines is 1. The molecule has 1 saturated heterocycles. The molecule has 3 heterocycles. The van der Waals surface area contributed by atoms with Crippen LogP contribution in [-0.4, -0.2) is 34.1 Å². The van der Waals surface area contributed by atoms with Gasteiger partial charge in [0.1, 0.15) is 5.82 Å². The highest BCUT2D eigenvalue weighted by atomic mass is 35.5. The number of nitrogens with one attached hydrogen (secondary N) is 2. The minimum Gasteiger partial charge on any atom is -0.330 e. The molecule has 1 unspecified atom stereocenters. The number of halogens is 2. The Balaban J connectivity index is 0.00000169. The molecule has 24 heavy (non-hydrogen) atoms. The van der Waals surface area contributed by atoms with E-state index in [0.29, 0.717) is 18.8 Å². The number of hydrogen-bond acceptors (Lipinski definition) is 3. The van der Waals surface area contributed by atoms with Crippen molar-refractivity contribution >= 4 is 18.3 Å². The lowest BCUT2D eigenvalue weighted by molar-refractivity contribution is 0.0728. The molecule has 7 heteroatoms. The van der Waals surface area contributed by atoms with E-state index in [4.69, 9.17) is 0 Å². The van der Waals surface area contributed by atoms with Crippen LogP contribution in [0.15, 0.2) is 24.3 Å². The van der Waals surface area contributed by atoms with Gasteiger partial charge in [0.25, 0.3) is 5.91 Å². The van der Waals surface area contributed by atoms with Gasteiger partial charge < -0.3 is 10.2 Å². The van der Waals surface area contributed by atoms with Crippen molar-refractivity contribution in [3.05, 3.63) is 52.6 Å². The molecule has 1 atom stereocenters. The van der Waals surface area contributed by atoms with Crippen molar-refractivity contribution in [2.75, 3.05) is 13.1 Å². The third kappa shape index (κ3) is 2.91. The highest BCUT2D eigenvalue weighted by Crippen LogP contribution is 2.34. The summed E-state index contributed by atoms with van der Waals surface area (Å²) in [5, 5.41) is 10.5. The summed E-state index contributed by atoms with van der Waals surface area (Å²) in [4.78, 5) is 14.8. The Labute approximate surface area is 146 Å². The fraction of sp³-hybridized carbons (Fsp3) is 0.412. The molecule has 0 bridgehead atoms. The smallest absolute Gasteiger partial charge is 0.275 e. The number of carbonyl (C=O) groups excluding carboxylic acids is 1. The van der Waals surface area contributed by atoms with Crippen LogP contribution in [-0.2, 0) is 13.0 Å². The normalized spacial score (nSPS) is 19.7. The van der Waals surface area contributed by atoms with Crippen LogP contribution >= 0.6 is 12.4 Å². The first-order valence-corrected chi connectivity index (χ1v) is 8.07. The van der Waals surface area contributed by atoms with Crippen LogP contribution < -0.4 is 5.32 Å². The van der Waals surface area contributed by atoms with Gasteiger partial charge in [0.05, 0.1) is 6.04 Å². The molecule has 0 saturated carbocycles. The summed E-state index contributed by atoms with van der Waals surface area (Å²) in [6.45, 7) is 2.26. The number of rotatable bonds is 2. The summed E-state index contributed by atoms with van der Waals surface area (Å²) >= 11 is 0. The minimum atomic E-state index is -0.261. The first-order chi connectivity index (χ1) is 11.2. The van der Waals surface area contributed by atoms with E-state index in [-0.39, 0.29) is 30.2 Å². The molecule has 4 rings (SSSR count). The fourth-order valence-electron chi connectivity index (χ4n) is 3.61. The number of fused-ring (bicyclic) bond motifs is 1. The van der Waals surface area contributed by atoms with Crippen molar-refractivity contribution in [3.8, 4) is 0 Å². The number of carbonyl (C=O) groups is 1. The molecule has 5 nitrogen and oxygen atoms in total. The molecular formula is C17H20ClFN4O. The number of H-pyrrole nitrogens is 1. The third-order valence-corrected chi connectivity index (χ3v) is 4.76. The zero-order chi connectivity index (χ0) is 15.8. The van der Waals surface area contributed by atoms with Crippen molar-refractivity contribution in [1.82, 2.24) is 20.4 Å². The van der Waals surface area contributed by atoms with E-state index in [1.54, 1.807) is 6.07 Å². The Kier molecular flexibility index (Phi) is 4.87. The molecule has 0 radical (unpaired) electrons. The van der Waals surface area contributed by atoms with Crippen molar-refractivity contribution in [2.24, 2.45) is 0 Å². The SMILES string of the molecule is Cl.O=C(c1n[nH]c2c1CNCC2)N1CCCC1c1cccc(F)c1. The number of amides is 1. The van der Waals surface area contributed by atoms with E-state index in [0.717, 1.165) is 42.6 Å². The molecular weight excluding hydrogens is 331 g/mol.